The number of rotatable bonds is 4. The first-order valence-electron chi connectivity index (χ1n) is 6.01. The van der Waals surface area contributed by atoms with Crippen LogP contribution in [0.5, 0.6) is 0 Å². The Bertz CT molecular complexity index is 803. The van der Waals surface area contributed by atoms with Crippen molar-refractivity contribution in [2.45, 2.75) is 18.7 Å². The van der Waals surface area contributed by atoms with Crippen molar-refractivity contribution < 1.29 is 13.3 Å². The van der Waals surface area contributed by atoms with Crippen molar-refractivity contribution in [3.63, 3.8) is 0 Å². The van der Waals surface area contributed by atoms with E-state index in [4.69, 9.17) is 0 Å². The number of benzene rings is 1. The van der Waals surface area contributed by atoms with Crippen LogP contribution in [0.15, 0.2) is 41.4 Å². The van der Waals surface area contributed by atoms with E-state index in [2.05, 4.69) is 9.71 Å². The highest BCUT2D eigenvalue weighted by atomic mass is 32.2. The maximum Gasteiger partial charge on any atom is 0.273 e. The van der Waals surface area contributed by atoms with Crippen LogP contribution >= 0.6 is 0 Å². The summed E-state index contributed by atoms with van der Waals surface area (Å²) < 4.78 is 27.1. The molecule has 0 spiro atoms. The smallest absolute Gasteiger partial charge is 0.263 e. The Morgan fingerprint density at radius 2 is 1.90 bits per heavy atom. The van der Waals surface area contributed by atoms with E-state index in [1.807, 2.05) is 0 Å². The molecule has 0 aliphatic heterocycles. The van der Waals surface area contributed by atoms with Gasteiger partial charge in [0.1, 0.15) is 5.82 Å². The first-order chi connectivity index (χ1) is 9.83. The Labute approximate surface area is 121 Å². The van der Waals surface area contributed by atoms with Gasteiger partial charge >= 0.3 is 0 Å². The fraction of sp³-hybridized carbons (Fsp3) is 0.154. The number of aromatic nitrogens is 1. The fourth-order valence-electron chi connectivity index (χ4n) is 1.87. The molecule has 0 amide bonds. The molecule has 0 fully saturated rings. The standard InChI is InChI=1S/C13H13N3O4S/c1-9-5-4-8-14-13(9)15-21(19,20)12-7-3-6-11(10(12)2)16(17)18/h3-8H,1-2H3,(H,14,15). The van der Waals surface area contributed by atoms with Crippen molar-refractivity contribution in [3.05, 3.63) is 57.8 Å². The molecule has 0 radical (unpaired) electrons. The minimum absolute atomic E-state index is 0.0867. The van der Waals surface area contributed by atoms with Gasteiger partial charge in [0.25, 0.3) is 15.7 Å². The summed E-state index contributed by atoms with van der Waals surface area (Å²) in [5.74, 6) is 0.198. The predicted molar refractivity (Wildman–Crippen MR) is 77.6 cm³/mol. The lowest BCUT2D eigenvalue weighted by Gasteiger charge is -2.11. The molecular weight excluding hydrogens is 294 g/mol. The molecule has 0 bridgehead atoms. The van der Waals surface area contributed by atoms with Gasteiger partial charge in [0.2, 0.25) is 0 Å². The summed E-state index contributed by atoms with van der Waals surface area (Å²) in [4.78, 5) is 14.1. The average Bonchev–Trinajstić information content (AvgIpc) is 2.41. The number of aryl methyl sites for hydroxylation is 1. The summed E-state index contributed by atoms with van der Waals surface area (Å²) in [7, 11) is -3.94. The van der Waals surface area contributed by atoms with Crippen molar-refractivity contribution in [2.75, 3.05) is 4.72 Å². The number of nitro groups is 1. The van der Waals surface area contributed by atoms with Gasteiger partial charge in [-0.25, -0.2) is 13.4 Å². The molecule has 1 N–H and O–H groups in total. The second-order valence-electron chi connectivity index (χ2n) is 4.43. The fourth-order valence-corrected chi connectivity index (χ4v) is 3.21. The Morgan fingerprint density at radius 1 is 1.19 bits per heavy atom. The highest BCUT2D eigenvalue weighted by molar-refractivity contribution is 7.92. The lowest BCUT2D eigenvalue weighted by atomic mass is 10.2. The van der Waals surface area contributed by atoms with Gasteiger partial charge in [0.15, 0.2) is 0 Å². The van der Waals surface area contributed by atoms with E-state index in [1.165, 1.54) is 31.3 Å². The van der Waals surface area contributed by atoms with Crippen LogP contribution in [0.1, 0.15) is 11.1 Å². The molecule has 21 heavy (non-hydrogen) atoms. The van der Waals surface area contributed by atoms with E-state index in [0.717, 1.165) is 0 Å². The van der Waals surface area contributed by atoms with Crippen molar-refractivity contribution >= 4 is 21.5 Å². The third-order valence-electron chi connectivity index (χ3n) is 2.98. The number of hydrogen-bond donors (Lipinski definition) is 1. The average molecular weight is 307 g/mol. The molecule has 0 aliphatic rings. The maximum atomic E-state index is 12.4. The lowest BCUT2D eigenvalue weighted by Crippen LogP contribution is -2.16. The van der Waals surface area contributed by atoms with Crippen LogP contribution in [0.3, 0.4) is 0 Å². The second kappa shape index (κ2) is 5.49. The molecule has 1 aromatic heterocycles. The summed E-state index contributed by atoms with van der Waals surface area (Å²) in [6, 6.07) is 7.32. The van der Waals surface area contributed by atoms with E-state index in [1.54, 1.807) is 19.1 Å². The topological polar surface area (TPSA) is 102 Å². The normalized spacial score (nSPS) is 11.1. The van der Waals surface area contributed by atoms with Gasteiger partial charge in [-0.15, -0.1) is 0 Å². The summed E-state index contributed by atoms with van der Waals surface area (Å²) in [5.41, 5.74) is 0.503. The van der Waals surface area contributed by atoms with Crippen LogP contribution in [0.4, 0.5) is 11.5 Å². The molecular formula is C13H13N3O4S. The Hall–Kier alpha value is -2.48. The molecule has 110 valence electrons. The van der Waals surface area contributed by atoms with Crippen LogP contribution in [0.2, 0.25) is 0 Å². The number of nitro benzene ring substituents is 1. The minimum atomic E-state index is -3.94. The number of hydrogen-bond acceptors (Lipinski definition) is 5. The third-order valence-corrected chi connectivity index (χ3v) is 4.47. The zero-order valence-corrected chi connectivity index (χ0v) is 12.2. The summed E-state index contributed by atoms with van der Waals surface area (Å²) in [5, 5.41) is 10.9. The summed E-state index contributed by atoms with van der Waals surface area (Å²) in [6.45, 7) is 3.11. The highest BCUT2D eigenvalue weighted by Crippen LogP contribution is 2.26. The number of nitrogens with zero attached hydrogens (tertiary/aromatic N) is 2. The molecule has 1 heterocycles. The number of nitrogens with one attached hydrogen (secondary N) is 1. The van der Waals surface area contributed by atoms with E-state index in [-0.39, 0.29) is 22.0 Å². The highest BCUT2D eigenvalue weighted by Gasteiger charge is 2.23. The number of pyridine rings is 1. The van der Waals surface area contributed by atoms with Crippen LogP contribution in [-0.4, -0.2) is 18.3 Å². The van der Waals surface area contributed by atoms with E-state index < -0.39 is 14.9 Å². The van der Waals surface area contributed by atoms with Crippen LogP contribution in [0, 0.1) is 24.0 Å². The molecule has 2 aromatic rings. The van der Waals surface area contributed by atoms with E-state index >= 15 is 0 Å². The second-order valence-corrected chi connectivity index (χ2v) is 6.08. The predicted octanol–water partition coefficient (Wildman–Crippen LogP) is 2.41. The van der Waals surface area contributed by atoms with Crippen LogP contribution in [-0.2, 0) is 10.0 Å². The molecule has 7 nitrogen and oxygen atoms in total. The largest absolute Gasteiger partial charge is 0.273 e. The minimum Gasteiger partial charge on any atom is -0.263 e. The third kappa shape index (κ3) is 3.00. The van der Waals surface area contributed by atoms with Crippen LogP contribution in [0.25, 0.3) is 0 Å². The van der Waals surface area contributed by atoms with Gasteiger partial charge in [-0.2, -0.15) is 0 Å². The Balaban J connectivity index is 2.48. The van der Waals surface area contributed by atoms with Crippen molar-refractivity contribution in [3.8, 4) is 0 Å². The first kappa shape index (κ1) is 14.9. The van der Waals surface area contributed by atoms with Gasteiger partial charge < -0.3 is 0 Å². The van der Waals surface area contributed by atoms with Gasteiger partial charge in [-0.3, -0.25) is 14.8 Å². The van der Waals surface area contributed by atoms with Gasteiger partial charge in [-0.1, -0.05) is 12.1 Å². The number of sulfonamides is 1. The molecule has 0 aliphatic carbocycles. The monoisotopic (exact) mass is 307 g/mol. The molecule has 0 unspecified atom stereocenters. The SMILES string of the molecule is Cc1cccnc1NS(=O)(=O)c1cccc([N+](=O)[O-])c1C. The zero-order valence-electron chi connectivity index (χ0n) is 11.4. The van der Waals surface area contributed by atoms with Gasteiger partial charge in [-0.05, 0) is 31.5 Å². The lowest BCUT2D eigenvalue weighted by molar-refractivity contribution is -0.385. The molecule has 0 saturated heterocycles. The van der Waals surface area contributed by atoms with E-state index in [0.29, 0.717) is 5.56 Å². The van der Waals surface area contributed by atoms with Crippen LogP contribution < -0.4 is 4.72 Å². The van der Waals surface area contributed by atoms with E-state index in [9.17, 15) is 18.5 Å². The Kier molecular flexibility index (Phi) is 3.90. The van der Waals surface area contributed by atoms with Gasteiger partial charge in [0.05, 0.1) is 9.82 Å². The first-order valence-corrected chi connectivity index (χ1v) is 7.49. The maximum absolute atomic E-state index is 12.4. The Morgan fingerprint density at radius 3 is 2.52 bits per heavy atom. The molecule has 0 saturated carbocycles. The summed E-state index contributed by atoms with van der Waals surface area (Å²) >= 11 is 0. The zero-order chi connectivity index (χ0) is 15.6. The molecule has 2 rings (SSSR count). The van der Waals surface area contributed by atoms with Gasteiger partial charge in [0, 0.05) is 17.8 Å². The molecule has 8 heteroatoms. The van der Waals surface area contributed by atoms with Crippen molar-refractivity contribution in [1.82, 2.24) is 4.98 Å². The molecule has 0 atom stereocenters. The quantitative estimate of drug-likeness (QED) is 0.690. The summed E-state index contributed by atoms with van der Waals surface area (Å²) in [6.07, 6.45) is 1.46. The number of anilines is 1. The molecule has 1 aromatic carbocycles. The van der Waals surface area contributed by atoms with Crippen molar-refractivity contribution in [1.29, 1.82) is 0 Å². The van der Waals surface area contributed by atoms with Crippen molar-refractivity contribution in [2.24, 2.45) is 0 Å².